The van der Waals surface area contributed by atoms with Crippen LogP contribution < -0.4 is 0 Å². The summed E-state index contributed by atoms with van der Waals surface area (Å²) in [5.74, 6) is 0. The molecule has 0 radical (unpaired) electrons. The molecule has 0 nitrogen and oxygen atoms in total. The Kier molecular flexibility index (Phi) is 6.81. The summed E-state index contributed by atoms with van der Waals surface area (Å²) in [4.78, 5) is 0. The number of hydrogen-bond donors (Lipinski definition) is 0. The molecule has 6 rings (SSSR count). The summed E-state index contributed by atoms with van der Waals surface area (Å²) in [6.45, 7) is 0. The van der Waals surface area contributed by atoms with Crippen molar-refractivity contribution in [3.8, 4) is 33.4 Å². The molecule has 0 unspecified atom stereocenters. The van der Waals surface area contributed by atoms with Gasteiger partial charge < -0.3 is 0 Å². The SMILES string of the molecule is C1=CC=CC(c2cc(-c3ccccc3)cc(-c3cc(C4=CCC=CC=C4)cc(-c4ccccc4)c3)c2)=CC=1. The molecule has 0 spiro atoms. The Morgan fingerprint density at radius 2 is 0.974 bits per heavy atom. The molecule has 180 valence electrons. The summed E-state index contributed by atoms with van der Waals surface area (Å²) < 4.78 is 0. The van der Waals surface area contributed by atoms with Gasteiger partial charge in [0.25, 0.3) is 0 Å². The van der Waals surface area contributed by atoms with E-state index in [0.717, 1.165) is 6.42 Å². The van der Waals surface area contributed by atoms with E-state index in [4.69, 9.17) is 0 Å². The number of benzene rings is 4. The minimum atomic E-state index is 0.933. The maximum Gasteiger partial charge on any atom is -0.0157 e. The predicted octanol–water partition coefficient (Wildman–Crippen LogP) is 10.3. The van der Waals surface area contributed by atoms with Gasteiger partial charge in [0.1, 0.15) is 0 Å². The number of hydrogen-bond acceptors (Lipinski definition) is 0. The van der Waals surface area contributed by atoms with Crippen LogP contribution in [0, 0.1) is 0 Å². The monoisotopic (exact) mass is 484 g/mol. The molecule has 38 heavy (non-hydrogen) atoms. The van der Waals surface area contributed by atoms with Crippen molar-refractivity contribution in [2.45, 2.75) is 6.42 Å². The van der Waals surface area contributed by atoms with E-state index in [1.165, 1.54) is 55.7 Å². The molecule has 0 saturated carbocycles. The van der Waals surface area contributed by atoms with E-state index in [0.29, 0.717) is 0 Å². The molecule has 0 heteroatoms. The van der Waals surface area contributed by atoms with Gasteiger partial charge in [-0.25, -0.2) is 0 Å². The van der Waals surface area contributed by atoms with E-state index >= 15 is 0 Å². The predicted molar refractivity (Wildman–Crippen MR) is 163 cm³/mol. The molecular formula is C38H28. The third kappa shape index (κ3) is 5.27. The zero-order valence-corrected chi connectivity index (χ0v) is 21.2. The lowest BCUT2D eigenvalue weighted by Gasteiger charge is -2.15. The van der Waals surface area contributed by atoms with Crippen molar-refractivity contribution in [2.75, 3.05) is 0 Å². The van der Waals surface area contributed by atoms with Crippen LogP contribution in [0.15, 0.2) is 164 Å². The van der Waals surface area contributed by atoms with Gasteiger partial charge in [0, 0.05) is 0 Å². The van der Waals surface area contributed by atoms with Gasteiger partial charge in [-0.2, -0.15) is 0 Å². The summed E-state index contributed by atoms with van der Waals surface area (Å²) >= 11 is 0. The zero-order valence-electron chi connectivity index (χ0n) is 21.2. The third-order valence-corrected chi connectivity index (χ3v) is 6.90. The second-order valence-electron chi connectivity index (χ2n) is 9.49. The highest BCUT2D eigenvalue weighted by Crippen LogP contribution is 2.36. The lowest BCUT2D eigenvalue weighted by molar-refractivity contribution is 1.40. The van der Waals surface area contributed by atoms with E-state index in [2.05, 4.69) is 151 Å². The first-order chi connectivity index (χ1) is 18.8. The summed E-state index contributed by atoms with van der Waals surface area (Å²) in [7, 11) is 0. The van der Waals surface area contributed by atoms with E-state index < -0.39 is 0 Å². The van der Waals surface area contributed by atoms with Crippen molar-refractivity contribution in [3.63, 3.8) is 0 Å². The molecule has 0 atom stereocenters. The highest BCUT2D eigenvalue weighted by Gasteiger charge is 2.12. The fraction of sp³-hybridized carbons (Fsp3) is 0.0263. The molecule has 0 N–H and O–H groups in total. The largest absolute Gasteiger partial charge is 0.121 e. The molecule has 0 bridgehead atoms. The first-order valence-corrected chi connectivity index (χ1v) is 13.1. The summed E-state index contributed by atoms with van der Waals surface area (Å²) in [5.41, 5.74) is 15.3. The van der Waals surface area contributed by atoms with Gasteiger partial charge >= 0.3 is 0 Å². The van der Waals surface area contributed by atoms with E-state index in [-0.39, 0.29) is 0 Å². The third-order valence-electron chi connectivity index (χ3n) is 6.90. The van der Waals surface area contributed by atoms with E-state index in [9.17, 15) is 0 Å². The van der Waals surface area contributed by atoms with Crippen LogP contribution in [0.25, 0.3) is 44.5 Å². The quantitative estimate of drug-likeness (QED) is 0.247. The highest BCUT2D eigenvalue weighted by atomic mass is 14.2. The lowest BCUT2D eigenvalue weighted by Crippen LogP contribution is -1.91. The van der Waals surface area contributed by atoms with Crippen LogP contribution in [-0.2, 0) is 0 Å². The van der Waals surface area contributed by atoms with Crippen molar-refractivity contribution in [1.82, 2.24) is 0 Å². The van der Waals surface area contributed by atoms with Gasteiger partial charge in [0.2, 0.25) is 0 Å². The molecule has 2 aliphatic rings. The highest BCUT2D eigenvalue weighted by molar-refractivity contribution is 5.87. The lowest BCUT2D eigenvalue weighted by atomic mass is 9.89. The first kappa shape index (κ1) is 23.5. The van der Waals surface area contributed by atoms with Crippen molar-refractivity contribution in [2.24, 2.45) is 0 Å². The van der Waals surface area contributed by atoms with Gasteiger partial charge in [-0.05, 0) is 117 Å². The first-order valence-electron chi connectivity index (χ1n) is 13.1. The van der Waals surface area contributed by atoms with Gasteiger partial charge in [-0.1, -0.05) is 103 Å². The molecule has 4 aromatic carbocycles. The number of allylic oxidation sites excluding steroid dienone is 11. The number of rotatable bonds is 5. The maximum atomic E-state index is 3.18. The molecule has 0 fully saturated rings. The average molecular weight is 485 g/mol. The topological polar surface area (TPSA) is 0 Å². The summed E-state index contributed by atoms with van der Waals surface area (Å²) in [6, 6.07) is 35.2. The van der Waals surface area contributed by atoms with E-state index in [1.807, 2.05) is 12.2 Å². The van der Waals surface area contributed by atoms with Gasteiger partial charge in [-0.3, -0.25) is 0 Å². The minimum Gasteiger partial charge on any atom is -0.121 e. The van der Waals surface area contributed by atoms with Crippen molar-refractivity contribution >= 4 is 11.1 Å². The van der Waals surface area contributed by atoms with Crippen LogP contribution in [-0.4, -0.2) is 0 Å². The molecular weight excluding hydrogens is 456 g/mol. The Morgan fingerprint density at radius 3 is 1.61 bits per heavy atom. The molecule has 0 saturated heterocycles. The Labute approximate surface area is 225 Å². The maximum absolute atomic E-state index is 3.18. The van der Waals surface area contributed by atoms with Crippen LogP contribution in [0.1, 0.15) is 17.5 Å². The fourth-order valence-corrected chi connectivity index (χ4v) is 4.96. The molecule has 0 heterocycles. The second kappa shape index (κ2) is 11.0. The average Bonchev–Trinajstić information content (AvgIpc) is 3.44. The van der Waals surface area contributed by atoms with Gasteiger partial charge in [0.15, 0.2) is 0 Å². The standard InChI is InChI=1S/C38H28/c1-2-8-16-29(15-7-1)33-23-35(31-19-11-5-12-20-31)27-37(25-33)38-26-34(30-17-9-3-4-10-18-30)24-36(28-38)32-21-13-6-14-22-32/h1-3,5-7,9-28H,8H2. The Hall–Kier alpha value is -4.90. The van der Waals surface area contributed by atoms with Gasteiger partial charge in [-0.15, -0.1) is 5.73 Å². The van der Waals surface area contributed by atoms with Gasteiger partial charge in [0.05, 0.1) is 0 Å². The molecule has 0 amide bonds. The Bertz CT molecular complexity index is 1680. The van der Waals surface area contributed by atoms with Crippen molar-refractivity contribution < 1.29 is 0 Å². The van der Waals surface area contributed by atoms with Crippen LogP contribution in [0.2, 0.25) is 0 Å². The van der Waals surface area contributed by atoms with Crippen LogP contribution >= 0.6 is 0 Å². The summed E-state index contributed by atoms with van der Waals surface area (Å²) in [6.07, 6.45) is 22.2. The van der Waals surface area contributed by atoms with E-state index in [1.54, 1.807) is 0 Å². The van der Waals surface area contributed by atoms with Crippen LogP contribution in [0.3, 0.4) is 0 Å². The van der Waals surface area contributed by atoms with Crippen LogP contribution in [0.4, 0.5) is 0 Å². The van der Waals surface area contributed by atoms with Crippen molar-refractivity contribution in [3.05, 3.63) is 175 Å². The molecule has 4 aromatic rings. The Balaban J connectivity index is 1.56. The van der Waals surface area contributed by atoms with Crippen LogP contribution in [0.5, 0.6) is 0 Å². The zero-order chi connectivity index (χ0) is 25.6. The molecule has 0 aromatic heterocycles. The normalized spacial score (nSPS) is 14.1. The van der Waals surface area contributed by atoms with Crippen molar-refractivity contribution in [1.29, 1.82) is 0 Å². The molecule has 2 aliphatic carbocycles. The minimum absolute atomic E-state index is 0.933. The second-order valence-corrected chi connectivity index (χ2v) is 9.49. The summed E-state index contributed by atoms with van der Waals surface area (Å²) in [5, 5.41) is 0. The smallest absolute Gasteiger partial charge is 0.0157 e. The molecule has 0 aliphatic heterocycles. The Morgan fingerprint density at radius 1 is 0.447 bits per heavy atom. The fourth-order valence-electron chi connectivity index (χ4n) is 4.96.